The summed E-state index contributed by atoms with van der Waals surface area (Å²) in [6.45, 7) is 2.25. The van der Waals surface area contributed by atoms with E-state index in [2.05, 4.69) is 21.6 Å². The molecule has 0 aliphatic rings. The zero-order chi connectivity index (χ0) is 27.3. The highest BCUT2D eigenvalue weighted by Crippen LogP contribution is 2.35. The molecule has 16 heteroatoms. The van der Waals surface area contributed by atoms with Gasteiger partial charge in [-0.3, -0.25) is 0 Å². The molecule has 3 N–H and O–H groups in total. The van der Waals surface area contributed by atoms with Gasteiger partial charge in [-0.15, -0.1) is 0 Å². The Morgan fingerprint density at radius 2 is 1.64 bits per heavy atom. The number of unbranched alkanes of at least 4 members (excludes halogenated alkanes) is 1. The van der Waals surface area contributed by atoms with Crippen molar-refractivity contribution in [3.63, 3.8) is 0 Å². The van der Waals surface area contributed by atoms with Crippen LogP contribution in [0.2, 0.25) is 25.2 Å². The molecule has 10 nitrogen and oxygen atoms in total. The molecule has 0 fully saturated rings. The van der Waals surface area contributed by atoms with E-state index in [-0.39, 0.29) is 45.0 Å². The van der Waals surface area contributed by atoms with E-state index in [1.165, 1.54) is 6.07 Å². The van der Waals surface area contributed by atoms with E-state index in [0.29, 0.717) is 13.2 Å². The van der Waals surface area contributed by atoms with E-state index >= 15 is 0 Å². The van der Waals surface area contributed by atoms with Crippen molar-refractivity contribution in [3.05, 3.63) is 37.3 Å². The molecule has 0 saturated carbocycles. The van der Waals surface area contributed by atoms with Crippen molar-refractivity contribution >= 4 is 75.6 Å². The summed E-state index contributed by atoms with van der Waals surface area (Å²) in [6.07, 6.45) is 2.05. The number of aromatic nitrogens is 2. The minimum absolute atomic E-state index is 0.0298. The van der Waals surface area contributed by atoms with Crippen molar-refractivity contribution in [1.82, 2.24) is 9.97 Å². The normalized spacial score (nSPS) is 10.3. The first-order valence-corrected chi connectivity index (χ1v) is 11.9. The third kappa shape index (κ3) is 11.4. The molecule has 2 rings (SSSR count). The number of nitrogen functional groups attached to an aromatic ring is 1. The van der Waals surface area contributed by atoms with Crippen LogP contribution in [-0.2, 0) is 19.1 Å². The lowest BCUT2D eigenvalue weighted by Crippen LogP contribution is -2.18. The zero-order valence-electron chi connectivity index (χ0n) is 18.7. The van der Waals surface area contributed by atoms with E-state index in [9.17, 15) is 14.0 Å². The molecule has 2 aromatic rings. The Labute approximate surface area is 230 Å². The summed E-state index contributed by atoms with van der Waals surface area (Å²) in [6, 6.07) is 1.39. The minimum atomic E-state index is -1.25. The molecule has 0 aromatic carbocycles. The average Bonchev–Trinajstić information content (AvgIpc) is 2.83. The van der Waals surface area contributed by atoms with Crippen LogP contribution in [0.25, 0.3) is 0 Å². The first-order valence-electron chi connectivity index (χ1n) is 10.00. The van der Waals surface area contributed by atoms with Gasteiger partial charge in [0.2, 0.25) is 17.7 Å². The molecule has 200 valence electrons. The summed E-state index contributed by atoms with van der Waals surface area (Å²) in [4.78, 5) is 28.6. The van der Waals surface area contributed by atoms with Crippen LogP contribution in [0.4, 0.5) is 10.1 Å². The van der Waals surface area contributed by atoms with E-state index in [1.54, 1.807) is 0 Å². The SMILES string of the molecule is CCCCOCCOC(=O)COc1nc(Cl)c(Cl)cc1Cl.Nc1c(Cl)c(F)nc(OCC(=O)O)c1Cl. The minimum Gasteiger partial charge on any atom is -0.479 e. The van der Waals surface area contributed by atoms with Crippen LogP contribution >= 0.6 is 58.0 Å². The summed E-state index contributed by atoms with van der Waals surface area (Å²) in [7, 11) is 0. The number of carbonyl (C=O) groups excluding carboxylic acids is 1. The highest BCUT2D eigenvalue weighted by molar-refractivity contribution is 6.42. The second-order valence-electron chi connectivity index (χ2n) is 6.45. The van der Waals surface area contributed by atoms with Crippen LogP contribution in [0.1, 0.15) is 19.8 Å². The summed E-state index contributed by atoms with van der Waals surface area (Å²) < 4.78 is 32.8. The number of esters is 1. The second kappa shape index (κ2) is 16.7. The van der Waals surface area contributed by atoms with Gasteiger partial charge in [0.1, 0.15) is 21.7 Å². The fraction of sp³-hybridized carbons (Fsp3) is 0.400. The van der Waals surface area contributed by atoms with E-state index in [1.807, 2.05) is 0 Å². The van der Waals surface area contributed by atoms with Crippen LogP contribution in [0, 0.1) is 5.95 Å². The molecule has 0 spiro atoms. The Morgan fingerprint density at radius 1 is 0.972 bits per heavy atom. The molecule has 0 aliphatic heterocycles. The maximum Gasteiger partial charge on any atom is 0.344 e. The third-order valence-electron chi connectivity index (χ3n) is 3.69. The van der Waals surface area contributed by atoms with Crippen LogP contribution in [0.3, 0.4) is 0 Å². The number of hydrogen-bond donors (Lipinski definition) is 2. The number of aliphatic carboxylic acids is 1. The van der Waals surface area contributed by atoms with Gasteiger partial charge in [-0.2, -0.15) is 14.4 Å². The number of rotatable bonds is 12. The summed E-state index contributed by atoms with van der Waals surface area (Å²) >= 11 is 28.3. The maximum absolute atomic E-state index is 12.9. The van der Waals surface area contributed by atoms with Gasteiger partial charge in [0, 0.05) is 6.61 Å². The number of pyridine rings is 2. The predicted octanol–water partition coefficient (Wildman–Crippen LogP) is 5.35. The highest BCUT2D eigenvalue weighted by atomic mass is 35.5. The number of nitrogens with zero attached hydrogens (tertiary/aromatic N) is 2. The van der Waals surface area contributed by atoms with Gasteiger partial charge in [-0.1, -0.05) is 71.3 Å². The lowest BCUT2D eigenvalue weighted by Gasteiger charge is -2.08. The van der Waals surface area contributed by atoms with Gasteiger partial charge in [-0.25, -0.2) is 9.59 Å². The smallest absolute Gasteiger partial charge is 0.344 e. The number of anilines is 1. The quantitative estimate of drug-likeness (QED) is 0.183. The first kappa shape index (κ1) is 32.0. The van der Waals surface area contributed by atoms with Gasteiger partial charge in [0.15, 0.2) is 18.4 Å². The van der Waals surface area contributed by atoms with Gasteiger partial charge in [0.05, 0.1) is 17.3 Å². The summed E-state index contributed by atoms with van der Waals surface area (Å²) in [5.74, 6) is -3.24. The Balaban J connectivity index is 0.000000381. The number of carbonyl (C=O) groups is 2. The Morgan fingerprint density at radius 3 is 2.28 bits per heavy atom. The molecule has 2 heterocycles. The van der Waals surface area contributed by atoms with Crippen molar-refractivity contribution in [3.8, 4) is 11.8 Å². The topological polar surface area (TPSA) is 143 Å². The molecular weight excluding hydrogens is 590 g/mol. The predicted molar refractivity (Wildman–Crippen MR) is 133 cm³/mol. The average molecular weight is 612 g/mol. The van der Waals surface area contributed by atoms with Gasteiger partial charge >= 0.3 is 11.9 Å². The van der Waals surface area contributed by atoms with Crippen molar-refractivity contribution in [2.75, 3.05) is 38.8 Å². The number of ether oxygens (including phenoxy) is 4. The van der Waals surface area contributed by atoms with Crippen LogP contribution in [-0.4, -0.2) is 60.0 Å². The fourth-order valence-corrected chi connectivity index (χ4v) is 2.92. The van der Waals surface area contributed by atoms with Crippen LogP contribution < -0.4 is 15.2 Å². The molecule has 0 radical (unpaired) electrons. The zero-order valence-corrected chi connectivity index (χ0v) is 22.4. The Bertz CT molecular complexity index is 1050. The van der Waals surface area contributed by atoms with E-state index in [0.717, 1.165) is 12.8 Å². The number of hydrogen-bond acceptors (Lipinski definition) is 9. The van der Waals surface area contributed by atoms with Gasteiger partial charge < -0.3 is 29.8 Å². The molecule has 0 amide bonds. The molecule has 0 aliphatic carbocycles. The largest absolute Gasteiger partial charge is 0.479 e. The number of carboxylic acids is 1. The molecule has 0 atom stereocenters. The number of halogens is 6. The lowest BCUT2D eigenvalue weighted by atomic mass is 10.4. The van der Waals surface area contributed by atoms with E-state index in [4.69, 9.17) is 83.1 Å². The summed E-state index contributed by atoms with van der Waals surface area (Å²) in [5, 5.41) is 8.09. The first-order chi connectivity index (χ1) is 17.0. The molecular formula is C20H21Cl5FN3O7. The molecule has 36 heavy (non-hydrogen) atoms. The third-order valence-corrected chi connectivity index (χ3v) is 5.36. The van der Waals surface area contributed by atoms with Gasteiger partial charge in [0.25, 0.3) is 0 Å². The van der Waals surface area contributed by atoms with Crippen molar-refractivity contribution in [1.29, 1.82) is 0 Å². The number of carboxylic acid groups (broad SMARTS) is 1. The lowest BCUT2D eigenvalue weighted by molar-refractivity contribution is -0.147. The van der Waals surface area contributed by atoms with Crippen LogP contribution in [0.5, 0.6) is 11.8 Å². The molecule has 0 unspecified atom stereocenters. The summed E-state index contributed by atoms with van der Waals surface area (Å²) in [5.41, 5.74) is 5.07. The number of nitrogens with two attached hydrogens (primary N) is 1. The molecule has 0 saturated heterocycles. The van der Waals surface area contributed by atoms with E-state index < -0.39 is 35.4 Å². The highest BCUT2D eigenvalue weighted by Gasteiger charge is 2.17. The monoisotopic (exact) mass is 609 g/mol. The standard InChI is InChI=1S/C13H16Cl3NO4.C7H5Cl2FN2O3/c1-2-3-4-19-5-6-20-11(18)8-21-13-10(15)7-9(14)12(16)17-13;8-3-5(11)4(9)7(12-6(3)10)15-1-2(13)14/h7H,2-6,8H2,1H3;1H2,(H2,11,12)(H,13,14). The maximum atomic E-state index is 12.9. The Kier molecular flexibility index (Phi) is 14.8. The van der Waals surface area contributed by atoms with Crippen molar-refractivity contribution in [2.45, 2.75) is 19.8 Å². The van der Waals surface area contributed by atoms with Crippen molar-refractivity contribution in [2.24, 2.45) is 0 Å². The van der Waals surface area contributed by atoms with Gasteiger partial charge in [-0.05, 0) is 12.5 Å². The fourth-order valence-electron chi connectivity index (χ4n) is 2.00. The molecule has 2 aromatic heterocycles. The molecule has 0 bridgehead atoms. The Hall–Kier alpha value is -2.02. The second-order valence-corrected chi connectivity index (χ2v) is 8.38. The van der Waals surface area contributed by atoms with Crippen molar-refractivity contribution < 1.29 is 38.0 Å². The van der Waals surface area contributed by atoms with Crippen LogP contribution in [0.15, 0.2) is 6.07 Å².